The van der Waals surface area contributed by atoms with E-state index in [0.717, 1.165) is 10.7 Å². The van der Waals surface area contributed by atoms with E-state index >= 15 is 0 Å². The molecule has 2 unspecified atom stereocenters. The van der Waals surface area contributed by atoms with E-state index < -0.39 is 12.0 Å². The molecular weight excluding hydrogens is 286 g/mol. The smallest absolute Gasteiger partial charge is 0.320 e. The van der Waals surface area contributed by atoms with Crippen molar-refractivity contribution in [3.8, 4) is 0 Å². The fraction of sp³-hybridized carbons (Fsp3) is 0.467. The average Bonchev–Trinajstić information content (AvgIpc) is 3.05. The van der Waals surface area contributed by atoms with Crippen LogP contribution in [0, 0.1) is 5.92 Å². The highest BCUT2D eigenvalue weighted by Crippen LogP contribution is 2.26. The van der Waals surface area contributed by atoms with Crippen molar-refractivity contribution in [3.05, 3.63) is 40.6 Å². The summed E-state index contributed by atoms with van der Waals surface area (Å²) in [5, 5.41) is 14.7. The summed E-state index contributed by atoms with van der Waals surface area (Å²) < 4.78 is 1.92. The fourth-order valence-electron chi connectivity index (χ4n) is 2.31. The van der Waals surface area contributed by atoms with E-state index in [1.165, 1.54) is 0 Å². The van der Waals surface area contributed by atoms with Gasteiger partial charge in [-0.3, -0.25) is 10.1 Å². The minimum Gasteiger partial charge on any atom is -0.480 e. The van der Waals surface area contributed by atoms with Gasteiger partial charge in [0.15, 0.2) is 0 Å². The van der Waals surface area contributed by atoms with Crippen molar-refractivity contribution in [1.82, 2.24) is 14.9 Å². The predicted octanol–water partition coefficient (Wildman–Crippen LogP) is 2.66. The molecule has 0 aliphatic rings. The Morgan fingerprint density at radius 3 is 2.76 bits per heavy atom. The van der Waals surface area contributed by atoms with E-state index in [-0.39, 0.29) is 6.04 Å². The number of carbonyl (C=O) groups is 1. The molecule has 0 aliphatic heterocycles. The van der Waals surface area contributed by atoms with Crippen LogP contribution in [0.1, 0.15) is 37.0 Å². The number of rotatable bonds is 7. The summed E-state index contributed by atoms with van der Waals surface area (Å²) in [5.41, 5.74) is 0. The highest BCUT2D eigenvalue weighted by molar-refractivity contribution is 7.10. The largest absolute Gasteiger partial charge is 0.480 e. The highest BCUT2D eigenvalue weighted by Gasteiger charge is 2.27. The molecule has 21 heavy (non-hydrogen) atoms. The first kappa shape index (κ1) is 15.7. The molecular formula is C15H21N3O2S. The summed E-state index contributed by atoms with van der Waals surface area (Å²) in [7, 11) is 1.92. The number of carboxylic acid groups (broad SMARTS) is 1. The van der Waals surface area contributed by atoms with Crippen molar-refractivity contribution in [2.45, 2.75) is 32.4 Å². The van der Waals surface area contributed by atoms with Gasteiger partial charge in [0.2, 0.25) is 0 Å². The average molecular weight is 307 g/mol. The normalized spacial score (nSPS) is 14.3. The second-order valence-electron chi connectivity index (χ2n) is 5.53. The zero-order valence-corrected chi connectivity index (χ0v) is 13.3. The molecule has 0 bridgehead atoms. The van der Waals surface area contributed by atoms with E-state index in [2.05, 4.69) is 10.3 Å². The summed E-state index contributed by atoms with van der Waals surface area (Å²) in [6.45, 7) is 4.05. The summed E-state index contributed by atoms with van der Waals surface area (Å²) in [5.74, 6) is 0.316. The lowest BCUT2D eigenvalue weighted by Crippen LogP contribution is -2.41. The molecule has 0 spiro atoms. The first-order valence-electron chi connectivity index (χ1n) is 6.98. The van der Waals surface area contributed by atoms with E-state index in [9.17, 15) is 9.90 Å². The van der Waals surface area contributed by atoms with Crippen LogP contribution >= 0.6 is 11.3 Å². The topological polar surface area (TPSA) is 67.2 Å². The first-order valence-corrected chi connectivity index (χ1v) is 7.86. The summed E-state index contributed by atoms with van der Waals surface area (Å²) in [6.07, 6.45) is 4.19. The number of nitrogens with zero attached hydrogens (tertiary/aromatic N) is 2. The van der Waals surface area contributed by atoms with Gasteiger partial charge in [0.25, 0.3) is 0 Å². The van der Waals surface area contributed by atoms with Crippen LogP contribution < -0.4 is 5.32 Å². The zero-order chi connectivity index (χ0) is 15.4. The molecule has 0 amide bonds. The summed E-state index contributed by atoms with van der Waals surface area (Å²) >= 11 is 1.60. The van der Waals surface area contributed by atoms with Gasteiger partial charge in [-0.1, -0.05) is 19.9 Å². The van der Waals surface area contributed by atoms with Crippen molar-refractivity contribution < 1.29 is 9.90 Å². The fourth-order valence-corrected chi connectivity index (χ4v) is 3.09. The summed E-state index contributed by atoms with van der Waals surface area (Å²) in [4.78, 5) is 17.0. The van der Waals surface area contributed by atoms with Crippen LogP contribution in [0.3, 0.4) is 0 Å². The van der Waals surface area contributed by atoms with Crippen molar-refractivity contribution in [2.75, 3.05) is 0 Å². The van der Waals surface area contributed by atoms with E-state index in [0.29, 0.717) is 12.3 Å². The molecule has 0 radical (unpaired) electrons. The monoisotopic (exact) mass is 307 g/mol. The number of hydrogen-bond donors (Lipinski definition) is 2. The maximum atomic E-state index is 11.5. The van der Waals surface area contributed by atoms with Crippen LogP contribution in [0.5, 0.6) is 0 Å². The maximum Gasteiger partial charge on any atom is 0.320 e. The molecule has 5 nitrogen and oxygen atoms in total. The van der Waals surface area contributed by atoms with Gasteiger partial charge in [0.05, 0.1) is 0 Å². The molecule has 0 saturated heterocycles. The van der Waals surface area contributed by atoms with Crippen molar-refractivity contribution in [3.63, 3.8) is 0 Å². The van der Waals surface area contributed by atoms with Gasteiger partial charge in [0, 0.05) is 24.3 Å². The van der Waals surface area contributed by atoms with Gasteiger partial charge in [-0.25, -0.2) is 4.98 Å². The van der Waals surface area contributed by atoms with Gasteiger partial charge in [-0.15, -0.1) is 11.3 Å². The summed E-state index contributed by atoms with van der Waals surface area (Å²) in [6, 6.07) is 3.18. The Hall–Kier alpha value is -1.66. The van der Waals surface area contributed by atoms with E-state index in [1.54, 1.807) is 17.5 Å². The quantitative estimate of drug-likeness (QED) is 0.825. The molecule has 2 aromatic heterocycles. The maximum absolute atomic E-state index is 11.5. The molecule has 0 saturated carbocycles. The van der Waals surface area contributed by atoms with Crippen molar-refractivity contribution in [1.29, 1.82) is 0 Å². The second kappa shape index (κ2) is 6.87. The number of imidazole rings is 1. The highest BCUT2D eigenvalue weighted by atomic mass is 32.1. The molecule has 2 aromatic rings. The molecule has 0 aliphatic carbocycles. The number of thiophene rings is 1. The van der Waals surface area contributed by atoms with Crippen LogP contribution in [-0.2, 0) is 11.8 Å². The Balaban J connectivity index is 2.28. The zero-order valence-electron chi connectivity index (χ0n) is 12.5. The number of aliphatic carboxylic acids is 1. The van der Waals surface area contributed by atoms with Crippen LogP contribution in [0.25, 0.3) is 0 Å². The number of aryl methyl sites for hydroxylation is 1. The third kappa shape index (κ3) is 3.92. The van der Waals surface area contributed by atoms with Crippen LogP contribution in [0.2, 0.25) is 0 Å². The Bertz CT molecular complexity index is 578. The third-order valence-electron chi connectivity index (χ3n) is 3.32. The lowest BCUT2D eigenvalue weighted by Gasteiger charge is -2.23. The molecule has 2 atom stereocenters. The lowest BCUT2D eigenvalue weighted by atomic mass is 10.0. The van der Waals surface area contributed by atoms with Gasteiger partial charge in [0.1, 0.15) is 17.9 Å². The molecule has 0 aromatic carbocycles. The van der Waals surface area contributed by atoms with Crippen LogP contribution in [-0.4, -0.2) is 26.7 Å². The van der Waals surface area contributed by atoms with Gasteiger partial charge >= 0.3 is 5.97 Å². The van der Waals surface area contributed by atoms with Gasteiger partial charge in [-0.2, -0.15) is 0 Å². The first-order chi connectivity index (χ1) is 9.99. The molecule has 2 rings (SSSR count). The van der Waals surface area contributed by atoms with Gasteiger partial charge < -0.3 is 9.67 Å². The molecule has 114 valence electrons. The SMILES string of the molecule is CC(C)CC(NC(c1cccs1)c1nccn1C)C(=O)O. The standard InChI is InChI=1S/C15H21N3O2S/c1-10(2)9-11(15(19)20)17-13(12-5-4-8-21-12)14-16-6-7-18(14)3/h4-8,10-11,13,17H,9H2,1-3H3,(H,19,20). The third-order valence-corrected chi connectivity index (χ3v) is 4.25. The minimum atomic E-state index is -0.820. The van der Waals surface area contributed by atoms with Crippen LogP contribution in [0.15, 0.2) is 29.9 Å². The van der Waals surface area contributed by atoms with Crippen molar-refractivity contribution in [2.24, 2.45) is 13.0 Å². The molecule has 2 N–H and O–H groups in total. The minimum absolute atomic E-state index is 0.204. The molecule has 6 heteroatoms. The van der Waals surface area contributed by atoms with Gasteiger partial charge in [-0.05, 0) is 23.8 Å². The lowest BCUT2D eigenvalue weighted by molar-refractivity contribution is -0.140. The Morgan fingerprint density at radius 2 is 2.29 bits per heavy atom. The Morgan fingerprint density at radius 1 is 1.52 bits per heavy atom. The Labute approximate surface area is 128 Å². The van der Waals surface area contributed by atoms with E-state index in [4.69, 9.17) is 0 Å². The number of nitrogens with one attached hydrogen (secondary N) is 1. The number of hydrogen-bond acceptors (Lipinski definition) is 4. The molecule has 2 heterocycles. The molecule has 0 fully saturated rings. The van der Waals surface area contributed by atoms with E-state index in [1.807, 2.05) is 49.2 Å². The second-order valence-corrected chi connectivity index (χ2v) is 6.51. The predicted molar refractivity (Wildman–Crippen MR) is 83.4 cm³/mol. The van der Waals surface area contributed by atoms with Crippen molar-refractivity contribution >= 4 is 17.3 Å². The number of aromatic nitrogens is 2. The Kier molecular flexibility index (Phi) is 5.14. The van der Waals surface area contributed by atoms with Crippen LogP contribution in [0.4, 0.5) is 0 Å². The number of carboxylic acids is 1.